The first-order valence-electron chi connectivity index (χ1n) is 14.9. The van der Waals surface area contributed by atoms with E-state index in [4.69, 9.17) is 20.6 Å². The largest absolute Gasteiger partial charge is 0.480 e. The monoisotopic (exact) mass is 578 g/mol. The van der Waals surface area contributed by atoms with Gasteiger partial charge in [0.25, 0.3) is 0 Å². The third kappa shape index (κ3) is 7.57. The number of benzene rings is 1. The molecule has 2 amide bonds. The summed E-state index contributed by atoms with van der Waals surface area (Å²) >= 11 is 0. The molecule has 11 heteroatoms. The number of carboxylic acids is 1. The number of aromatic nitrogens is 3. The number of para-hydroxylation sites is 1. The Morgan fingerprint density at radius 3 is 2.74 bits per heavy atom. The molecule has 0 spiro atoms. The molecular weight excluding hydrogens is 536 g/mol. The highest BCUT2D eigenvalue weighted by Gasteiger charge is 2.34. The first-order chi connectivity index (χ1) is 20.2. The van der Waals surface area contributed by atoms with Gasteiger partial charge >= 0.3 is 12.1 Å². The first kappa shape index (κ1) is 30.8. The average molecular weight is 579 g/mol. The van der Waals surface area contributed by atoms with Crippen molar-refractivity contribution >= 4 is 45.7 Å². The predicted octanol–water partition coefficient (Wildman–Crippen LogP) is 4.72. The minimum absolute atomic E-state index is 0.293. The summed E-state index contributed by atoms with van der Waals surface area (Å²) in [5, 5.41) is 15.2. The lowest BCUT2D eigenvalue weighted by Crippen LogP contribution is -2.42. The Hall–Kier alpha value is -4.15. The molecule has 0 saturated heterocycles. The number of carbonyl (C=O) groups is 3. The van der Waals surface area contributed by atoms with Crippen LogP contribution in [0.5, 0.6) is 0 Å². The maximum Gasteiger partial charge on any atom is 0.407 e. The highest BCUT2D eigenvalue weighted by molar-refractivity contribution is 6.06. The van der Waals surface area contributed by atoms with Crippen molar-refractivity contribution in [1.82, 2.24) is 25.2 Å². The van der Waals surface area contributed by atoms with Crippen molar-refractivity contribution in [3.8, 4) is 0 Å². The van der Waals surface area contributed by atoms with Gasteiger partial charge in [0.05, 0.1) is 11.0 Å². The van der Waals surface area contributed by atoms with Crippen LogP contribution in [0.4, 0.5) is 10.6 Å². The summed E-state index contributed by atoms with van der Waals surface area (Å²) in [6.07, 6.45) is 9.55. The smallest absolute Gasteiger partial charge is 0.407 e. The SMILES string of the molecule is CCCCc1nc2c(N)nc3ccccc3c2n1CCCCNC(=O)O[C@H]1/C=C/CC[C@@](C)(C(=O)NCC(=O)O)CC1. The van der Waals surface area contributed by atoms with Gasteiger partial charge in [-0.15, -0.1) is 0 Å². The summed E-state index contributed by atoms with van der Waals surface area (Å²) in [4.78, 5) is 45.4. The molecule has 226 valence electrons. The van der Waals surface area contributed by atoms with Gasteiger partial charge in [0.15, 0.2) is 5.82 Å². The van der Waals surface area contributed by atoms with Crippen LogP contribution in [0.25, 0.3) is 21.9 Å². The highest BCUT2D eigenvalue weighted by atomic mass is 16.6. The molecule has 0 bridgehead atoms. The molecule has 0 radical (unpaired) electrons. The minimum Gasteiger partial charge on any atom is -0.480 e. The molecule has 1 aliphatic rings. The average Bonchev–Trinajstić information content (AvgIpc) is 3.33. The number of nitrogens with one attached hydrogen (secondary N) is 2. The zero-order valence-electron chi connectivity index (χ0n) is 24.5. The number of pyridine rings is 1. The van der Waals surface area contributed by atoms with Crippen molar-refractivity contribution in [3.05, 3.63) is 42.2 Å². The molecule has 5 N–H and O–H groups in total. The van der Waals surface area contributed by atoms with E-state index in [0.29, 0.717) is 38.0 Å². The molecular formula is C31H42N6O5. The van der Waals surface area contributed by atoms with Crippen LogP contribution in [0, 0.1) is 5.41 Å². The highest BCUT2D eigenvalue weighted by Crippen LogP contribution is 2.33. The standard InChI is InChI=1S/C31H42N6O5/c1-3-4-14-24-36-26-27(22-12-5-6-13-23(22)35-28(26)32)37(24)19-10-9-18-33-30(41)42-21-11-7-8-16-31(2,17-15-21)29(40)34-20-25(38)39/h5-7,11-13,21H,3-4,8-10,14-20H2,1-2H3,(H2,32,35)(H,33,41)(H,34,40)(H,38,39)/b11-7+/t21-,31+/m0/s1. The van der Waals surface area contributed by atoms with Gasteiger partial charge in [-0.2, -0.15) is 0 Å². The van der Waals surface area contributed by atoms with Gasteiger partial charge in [0, 0.05) is 30.3 Å². The number of hydrogen-bond donors (Lipinski definition) is 4. The number of amides is 2. The van der Waals surface area contributed by atoms with Crippen molar-refractivity contribution in [1.29, 1.82) is 0 Å². The van der Waals surface area contributed by atoms with Gasteiger partial charge in [-0.1, -0.05) is 44.5 Å². The van der Waals surface area contributed by atoms with E-state index in [1.807, 2.05) is 37.3 Å². The molecule has 0 saturated carbocycles. The molecule has 2 atom stereocenters. The van der Waals surface area contributed by atoms with Crippen molar-refractivity contribution in [3.63, 3.8) is 0 Å². The molecule has 4 rings (SSSR count). The van der Waals surface area contributed by atoms with Gasteiger partial charge in [-0.05, 0) is 57.1 Å². The summed E-state index contributed by atoms with van der Waals surface area (Å²) in [6.45, 7) is 4.78. The second-order valence-corrected chi connectivity index (χ2v) is 11.2. The number of hydrogen-bond acceptors (Lipinski definition) is 7. The lowest BCUT2D eigenvalue weighted by Gasteiger charge is -2.30. The normalized spacial score (nSPS) is 19.6. The Balaban J connectivity index is 1.31. The summed E-state index contributed by atoms with van der Waals surface area (Å²) in [6, 6.07) is 7.97. The van der Waals surface area contributed by atoms with Crippen LogP contribution >= 0.6 is 0 Å². The van der Waals surface area contributed by atoms with Gasteiger partial charge in [-0.25, -0.2) is 14.8 Å². The fraction of sp³-hybridized carbons (Fsp3) is 0.516. The number of rotatable bonds is 12. The number of carbonyl (C=O) groups excluding carboxylic acids is 2. The van der Waals surface area contributed by atoms with Crippen LogP contribution in [0.3, 0.4) is 0 Å². The Morgan fingerprint density at radius 1 is 1.14 bits per heavy atom. The number of unbranched alkanes of at least 4 members (excludes halogenated alkanes) is 2. The molecule has 1 aromatic carbocycles. The summed E-state index contributed by atoms with van der Waals surface area (Å²) in [5.41, 5.74) is 8.17. The topological polar surface area (TPSA) is 161 Å². The number of ether oxygens (including phenoxy) is 1. The molecule has 0 fully saturated rings. The molecule has 0 aliphatic heterocycles. The maximum atomic E-state index is 12.6. The van der Waals surface area contributed by atoms with Crippen LogP contribution in [0.1, 0.15) is 71.0 Å². The van der Waals surface area contributed by atoms with Gasteiger partial charge in [0.1, 0.15) is 24.0 Å². The van der Waals surface area contributed by atoms with E-state index in [-0.39, 0.29) is 5.91 Å². The lowest BCUT2D eigenvalue weighted by molar-refractivity contribution is -0.140. The number of imidazole rings is 1. The summed E-state index contributed by atoms with van der Waals surface area (Å²) in [5.74, 6) is 0.0677. The number of nitrogen functional groups attached to an aromatic ring is 1. The molecule has 2 heterocycles. The number of allylic oxidation sites excluding steroid dienone is 1. The molecule has 1 aliphatic carbocycles. The third-order valence-corrected chi connectivity index (χ3v) is 7.92. The number of nitrogens with two attached hydrogens (primary N) is 1. The van der Waals surface area contributed by atoms with E-state index in [2.05, 4.69) is 33.2 Å². The minimum atomic E-state index is -1.08. The Morgan fingerprint density at radius 2 is 1.95 bits per heavy atom. The quantitative estimate of drug-likeness (QED) is 0.177. The summed E-state index contributed by atoms with van der Waals surface area (Å²) in [7, 11) is 0. The Kier molecular flexibility index (Phi) is 10.4. The number of carboxylic acid groups (broad SMARTS) is 1. The van der Waals surface area contributed by atoms with Crippen molar-refractivity contribution in [2.75, 3.05) is 18.8 Å². The molecule has 42 heavy (non-hydrogen) atoms. The van der Waals surface area contributed by atoms with Crippen LogP contribution < -0.4 is 16.4 Å². The van der Waals surface area contributed by atoms with Crippen LogP contribution in [0.15, 0.2) is 36.4 Å². The van der Waals surface area contributed by atoms with Crippen molar-refractivity contribution in [2.24, 2.45) is 5.41 Å². The van der Waals surface area contributed by atoms with E-state index in [9.17, 15) is 14.4 Å². The zero-order valence-corrected chi connectivity index (χ0v) is 24.5. The fourth-order valence-corrected chi connectivity index (χ4v) is 5.46. The van der Waals surface area contributed by atoms with Crippen LogP contribution in [0.2, 0.25) is 0 Å². The second-order valence-electron chi connectivity index (χ2n) is 11.2. The van der Waals surface area contributed by atoms with E-state index < -0.39 is 30.1 Å². The number of aryl methyl sites for hydroxylation is 2. The van der Waals surface area contributed by atoms with Crippen molar-refractivity contribution < 1.29 is 24.2 Å². The van der Waals surface area contributed by atoms with E-state index in [1.165, 1.54) is 0 Å². The van der Waals surface area contributed by atoms with E-state index in [1.54, 1.807) is 0 Å². The maximum absolute atomic E-state index is 12.6. The first-order valence-corrected chi connectivity index (χ1v) is 14.9. The van der Waals surface area contributed by atoms with Crippen molar-refractivity contribution in [2.45, 2.75) is 84.3 Å². The summed E-state index contributed by atoms with van der Waals surface area (Å²) < 4.78 is 7.89. The lowest BCUT2D eigenvalue weighted by atomic mass is 9.78. The number of fused-ring (bicyclic) bond motifs is 3. The third-order valence-electron chi connectivity index (χ3n) is 7.92. The second kappa shape index (κ2) is 14.2. The number of nitrogens with zero attached hydrogens (tertiary/aromatic N) is 3. The zero-order chi connectivity index (χ0) is 30.1. The van der Waals surface area contributed by atoms with Crippen LogP contribution in [-0.2, 0) is 27.3 Å². The molecule has 3 aromatic rings. The number of aliphatic carboxylic acids is 1. The molecule has 2 aromatic heterocycles. The fourth-order valence-electron chi connectivity index (χ4n) is 5.46. The Labute approximate surface area is 245 Å². The number of anilines is 1. The van der Waals surface area contributed by atoms with E-state index >= 15 is 0 Å². The molecule has 11 nitrogen and oxygen atoms in total. The van der Waals surface area contributed by atoms with Gasteiger partial charge in [0.2, 0.25) is 5.91 Å². The van der Waals surface area contributed by atoms with Gasteiger partial charge < -0.3 is 30.8 Å². The van der Waals surface area contributed by atoms with Gasteiger partial charge in [-0.3, -0.25) is 9.59 Å². The van der Waals surface area contributed by atoms with Crippen LogP contribution in [-0.4, -0.2) is 56.8 Å². The van der Waals surface area contributed by atoms with E-state index in [0.717, 1.165) is 66.4 Å². The number of alkyl carbamates (subject to hydrolysis) is 1. The Bertz CT molecular complexity index is 1450. The predicted molar refractivity (Wildman–Crippen MR) is 162 cm³/mol. The molecule has 0 unspecified atom stereocenters.